The number of ketones is 1. The van der Waals surface area contributed by atoms with E-state index in [2.05, 4.69) is 0 Å². The monoisotopic (exact) mass is 469 g/mol. The largest absolute Gasteiger partial charge is 0.493 e. The zero-order valence-corrected chi connectivity index (χ0v) is 20.7. The predicted molar refractivity (Wildman–Crippen MR) is 130 cm³/mol. The Morgan fingerprint density at radius 3 is 2.30 bits per heavy atom. The third-order valence-electron chi connectivity index (χ3n) is 5.62. The number of aryl methyl sites for hydroxylation is 3. The number of rotatable bonds is 8. The molecule has 6 nitrogen and oxygen atoms in total. The van der Waals surface area contributed by atoms with Gasteiger partial charge in [-0.15, -0.1) is 11.8 Å². The molecule has 0 saturated carbocycles. The van der Waals surface area contributed by atoms with Crippen LogP contribution in [0.25, 0.3) is 0 Å². The van der Waals surface area contributed by atoms with Crippen molar-refractivity contribution in [2.45, 2.75) is 52.0 Å². The van der Waals surface area contributed by atoms with Crippen molar-refractivity contribution >= 4 is 29.4 Å². The maximum atomic E-state index is 13.3. The third-order valence-corrected chi connectivity index (χ3v) is 7.01. The highest BCUT2D eigenvalue weighted by molar-refractivity contribution is 8.00. The molecule has 2 aromatic carbocycles. The number of ether oxygens (including phenoxy) is 2. The number of amides is 1. The van der Waals surface area contributed by atoms with Gasteiger partial charge in [-0.05, 0) is 57.9 Å². The van der Waals surface area contributed by atoms with Gasteiger partial charge in [0.05, 0.1) is 18.1 Å². The molecule has 1 aliphatic heterocycles. The second kappa shape index (κ2) is 10.4. The molecule has 0 spiro atoms. The molecular weight excluding hydrogens is 438 g/mol. The van der Waals surface area contributed by atoms with Crippen molar-refractivity contribution in [2.24, 2.45) is 0 Å². The number of carbonyl (C=O) groups is 3. The molecule has 33 heavy (non-hydrogen) atoms. The van der Waals surface area contributed by atoms with Gasteiger partial charge in [0, 0.05) is 17.7 Å². The lowest BCUT2D eigenvalue weighted by Gasteiger charge is -2.33. The molecule has 1 fully saturated rings. The second-order valence-electron chi connectivity index (χ2n) is 8.73. The number of hydrogen-bond acceptors (Lipinski definition) is 6. The molecule has 0 aromatic heterocycles. The van der Waals surface area contributed by atoms with Crippen molar-refractivity contribution in [1.29, 1.82) is 0 Å². The topological polar surface area (TPSA) is 72.9 Å². The first kappa shape index (κ1) is 24.8. The minimum Gasteiger partial charge on any atom is -0.493 e. The fraction of sp³-hybridized carbons (Fsp3) is 0.423. The molecule has 3 rings (SSSR count). The van der Waals surface area contributed by atoms with Crippen molar-refractivity contribution < 1.29 is 23.9 Å². The minimum absolute atomic E-state index is 0.180. The number of esters is 1. The number of benzene rings is 2. The van der Waals surface area contributed by atoms with Crippen LogP contribution >= 0.6 is 11.8 Å². The van der Waals surface area contributed by atoms with Crippen LogP contribution in [0, 0.1) is 20.8 Å². The fourth-order valence-corrected chi connectivity index (χ4v) is 5.35. The Morgan fingerprint density at radius 1 is 1.03 bits per heavy atom. The maximum Gasteiger partial charge on any atom is 0.329 e. The SMILES string of the molecule is Cc1cc(C)c(C(=O)C(=O)N2[C@H](C(=O)OCCCOc3ccccc3)CSC2(C)C)c(C)c1. The molecular formula is C26H31NO5S. The molecule has 1 atom stereocenters. The molecule has 1 heterocycles. The Balaban J connectivity index is 1.64. The summed E-state index contributed by atoms with van der Waals surface area (Å²) in [5.74, 6) is -0.609. The van der Waals surface area contributed by atoms with E-state index in [0.717, 1.165) is 22.4 Å². The lowest BCUT2D eigenvalue weighted by Crippen LogP contribution is -2.52. The van der Waals surface area contributed by atoms with Crippen molar-refractivity contribution in [1.82, 2.24) is 4.90 Å². The molecule has 0 radical (unpaired) electrons. The average Bonchev–Trinajstić information content (AvgIpc) is 3.07. The van der Waals surface area contributed by atoms with Crippen LogP contribution in [0.1, 0.15) is 47.3 Å². The molecule has 1 aliphatic rings. The average molecular weight is 470 g/mol. The van der Waals surface area contributed by atoms with E-state index in [1.165, 1.54) is 16.7 Å². The Morgan fingerprint density at radius 2 is 1.67 bits per heavy atom. The fourth-order valence-electron chi connectivity index (χ4n) is 4.15. The Labute approximate surface area is 199 Å². The number of nitrogens with zero attached hydrogens (tertiary/aromatic N) is 1. The quantitative estimate of drug-likeness (QED) is 0.246. The summed E-state index contributed by atoms with van der Waals surface area (Å²) in [7, 11) is 0. The smallest absolute Gasteiger partial charge is 0.329 e. The van der Waals surface area contributed by atoms with Crippen LogP contribution < -0.4 is 4.74 Å². The molecule has 0 aliphatic carbocycles. The van der Waals surface area contributed by atoms with Crippen LogP contribution in [0.5, 0.6) is 5.75 Å². The van der Waals surface area contributed by atoms with Gasteiger partial charge in [-0.25, -0.2) is 4.79 Å². The highest BCUT2D eigenvalue weighted by Crippen LogP contribution is 2.40. The highest BCUT2D eigenvalue weighted by Gasteiger charge is 2.49. The van der Waals surface area contributed by atoms with Gasteiger partial charge in [0.25, 0.3) is 11.7 Å². The first-order valence-electron chi connectivity index (χ1n) is 11.1. The number of Topliss-reactive ketones (excluding diaryl/α,β-unsaturated/α-hetero) is 1. The first-order valence-corrected chi connectivity index (χ1v) is 12.0. The van der Waals surface area contributed by atoms with Gasteiger partial charge in [0.15, 0.2) is 0 Å². The Hall–Kier alpha value is -2.80. The van der Waals surface area contributed by atoms with Gasteiger partial charge in [0.2, 0.25) is 0 Å². The summed E-state index contributed by atoms with van der Waals surface area (Å²) in [6.07, 6.45) is 0.526. The zero-order valence-electron chi connectivity index (χ0n) is 19.8. The van der Waals surface area contributed by atoms with Crippen molar-refractivity contribution in [3.05, 3.63) is 64.7 Å². The lowest BCUT2D eigenvalue weighted by molar-refractivity contribution is -0.154. The van der Waals surface area contributed by atoms with E-state index in [0.29, 0.717) is 24.3 Å². The zero-order chi connectivity index (χ0) is 24.2. The van der Waals surface area contributed by atoms with Crippen molar-refractivity contribution in [2.75, 3.05) is 19.0 Å². The van der Waals surface area contributed by atoms with E-state index >= 15 is 0 Å². The molecule has 1 amide bonds. The summed E-state index contributed by atoms with van der Waals surface area (Å²) < 4.78 is 11.1. The van der Waals surface area contributed by atoms with Crippen LogP contribution in [0.3, 0.4) is 0 Å². The second-order valence-corrected chi connectivity index (χ2v) is 10.4. The van der Waals surface area contributed by atoms with Gasteiger partial charge in [-0.2, -0.15) is 0 Å². The highest BCUT2D eigenvalue weighted by atomic mass is 32.2. The first-order chi connectivity index (χ1) is 15.6. The molecule has 7 heteroatoms. The minimum atomic E-state index is -0.803. The molecule has 0 N–H and O–H groups in total. The van der Waals surface area contributed by atoms with Crippen LogP contribution in [-0.2, 0) is 14.3 Å². The third kappa shape index (κ3) is 5.77. The molecule has 2 aromatic rings. The van der Waals surface area contributed by atoms with E-state index in [9.17, 15) is 14.4 Å². The Bertz CT molecular complexity index is 1010. The number of hydrogen-bond donors (Lipinski definition) is 0. The summed E-state index contributed by atoms with van der Waals surface area (Å²) in [5, 5.41) is 0. The van der Waals surface area contributed by atoms with Gasteiger partial charge in [-0.1, -0.05) is 35.9 Å². The molecule has 0 unspecified atom stereocenters. The summed E-state index contributed by atoms with van der Waals surface area (Å²) in [6.45, 7) is 9.89. The number of thioether (sulfide) groups is 1. The van der Waals surface area contributed by atoms with E-state index in [1.807, 2.05) is 77.1 Å². The Kier molecular flexibility index (Phi) is 7.84. The van der Waals surface area contributed by atoms with Gasteiger partial charge in [0.1, 0.15) is 11.8 Å². The number of carbonyl (C=O) groups excluding carboxylic acids is 3. The molecule has 1 saturated heterocycles. The number of para-hydroxylation sites is 1. The summed E-state index contributed by atoms with van der Waals surface area (Å²) in [5.41, 5.74) is 2.95. The van der Waals surface area contributed by atoms with Gasteiger partial charge >= 0.3 is 5.97 Å². The van der Waals surface area contributed by atoms with Gasteiger partial charge in [-0.3, -0.25) is 9.59 Å². The van der Waals surface area contributed by atoms with Crippen molar-refractivity contribution in [3.8, 4) is 5.75 Å². The van der Waals surface area contributed by atoms with Crippen LogP contribution in [0.15, 0.2) is 42.5 Å². The van der Waals surface area contributed by atoms with Crippen LogP contribution in [0.2, 0.25) is 0 Å². The molecule has 0 bridgehead atoms. The lowest BCUT2D eigenvalue weighted by atomic mass is 9.95. The van der Waals surface area contributed by atoms with E-state index < -0.39 is 28.6 Å². The predicted octanol–water partition coefficient (Wildman–Crippen LogP) is 4.49. The van der Waals surface area contributed by atoms with Crippen LogP contribution in [-0.4, -0.2) is 52.4 Å². The normalized spacial score (nSPS) is 17.0. The molecule has 176 valence electrons. The van der Waals surface area contributed by atoms with E-state index in [4.69, 9.17) is 9.47 Å². The van der Waals surface area contributed by atoms with Crippen molar-refractivity contribution in [3.63, 3.8) is 0 Å². The summed E-state index contributed by atoms with van der Waals surface area (Å²) in [4.78, 5) is 40.1. The summed E-state index contributed by atoms with van der Waals surface area (Å²) >= 11 is 1.46. The summed E-state index contributed by atoms with van der Waals surface area (Å²) in [6, 6.07) is 12.4. The maximum absolute atomic E-state index is 13.3. The van der Waals surface area contributed by atoms with E-state index in [1.54, 1.807) is 0 Å². The van der Waals surface area contributed by atoms with Gasteiger partial charge < -0.3 is 14.4 Å². The van der Waals surface area contributed by atoms with E-state index in [-0.39, 0.29) is 6.61 Å². The standard InChI is InChI=1S/C26H31NO5S/c1-17-14-18(2)22(19(3)15-17)23(28)24(29)27-21(16-33-26(27,4)5)25(30)32-13-9-12-31-20-10-7-6-8-11-20/h6-8,10-11,14-15,21H,9,12-13,16H2,1-5H3/t21-/m0/s1. The van der Waals surface area contributed by atoms with Crippen LogP contribution in [0.4, 0.5) is 0 Å².